The molecule has 1 amide bonds. The van der Waals surface area contributed by atoms with Gasteiger partial charge in [0.2, 0.25) is 0 Å². The average molecular weight is 390 g/mol. The predicted octanol–water partition coefficient (Wildman–Crippen LogP) is 1.84. The van der Waals surface area contributed by atoms with Crippen molar-refractivity contribution in [2.24, 2.45) is 5.92 Å². The van der Waals surface area contributed by atoms with Crippen molar-refractivity contribution in [1.29, 1.82) is 0 Å². The lowest BCUT2D eigenvalue weighted by molar-refractivity contribution is -0.132. The number of piperidine rings is 1. The molecule has 0 radical (unpaired) electrons. The molecule has 1 unspecified atom stereocenters. The number of rotatable bonds is 4. The molecule has 1 spiro atoms. The Balaban J connectivity index is 1.29. The molecule has 1 N–H and O–H groups in total. The summed E-state index contributed by atoms with van der Waals surface area (Å²) in [5, 5.41) is 6.69. The molecule has 3 aliphatic heterocycles. The predicted molar refractivity (Wildman–Crippen MR) is 108 cm³/mol. The van der Waals surface area contributed by atoms with E-state index in [-0.39, 0.29) is 11.5 Å². The number of piperazine rings is 1. The minimum absolute atomic E-state index is 0.0389. The van der Waals surface area contributed by atoms with E-state index in [0.29, 0.717) is 11.7 Å². The summed E-state index contributed by atoms with van der Waals surface area (Å²) in [7, 11) is 0. The quantitative estimate of drug-likeness (QED) is 0.851. The fourth-order valence-electron chi connectivity index (χ4n) is 5.15. The zero-order chi connectivity index (χ0) is 19.6. The lowest BCUT2D eigenvalue weighted by atomic mass is 9.81. The molecule has 0 aromatic carbocycles. The van der Waals surface area contributed by atoms with Crippen LogP contribution in [0, 0.1) is 5.92 Å². The summed E-state index contributed by atoms with van der Waals surface area (Å²) in [6.45, 7) is 13.0. The molecule has 3 saturated heterocycles. The van der Waals surface area contributed by atoms with Crippen molar-refractivity contribution in [3.63, 3.8) is 0 Å². The Morgan fingerprint density at radius 3 is 2.64 bits per heavy atom. The zero-order valence-corrected chi connectivity index (χ0v) is 17.4. The summed E-state index contributed by atoms with van der Waals surface area (Å²) < 4.78 is 6.32. The minimum Gasteiger partial charge on any atom is -0.375 e. The van der Waals surface area contributed by atoms with E-state index in [2.05, 4.69) is 33.8 Å². The van der Waals surface area contributed by atoms with E-state index in [4.69, 9.17) is 4.74 Å². The molecule has 1 aromatic heterocycles. The van der Waals surface area contributed by atoms with Crippen LogP contribution in [0.1, 0.15) is 50.0 Å². The van der Waals surface area contributed by atoms with Crippen LogP contribution in [0.4, 0.5) is 0 Å². The number of carbonyl (C=O) groups excluding carboxylic acids is 1. The molecule has 7 nitrogen and oxygen atoms in total. The first-order valence-electron chi connectivity index (χ1n) is 10.9. The van der Waals surface area contributed by atoms with Gasteiger partial charge < -0.3 is 14.5 Å². The lowest BCUT2D eigenvalue weighted by Crippen LogP contribution is -2.57. The third-order valence-corrected chi connectivity index (χ3v) is 6.71. The van der Waals surface area contributed by atoms with Gasteiger partial charge in [-0.05, 0) is 37.7 Å². The number of amides is 1. The Morgan fingerprint density at radius 1 is 1.25 bits per heavy atom. The number of hydrogen-bond donors (Lipinski definition) is 1. The molecule has 4 heterocycles. The first-order chi connectivity index (χ1) is 13.5. The number of nitrogens with one attached hydrogen (secondary N) is 1. The van der Waals surface area contributed by atoms with Gasteiger partial charge in [0.05, 0.1) is 5.60 Å². The third-order valence-electron chi connectivity index (χ3n) is 6.71. The molecule has 3 fully saturated rings. The number of likely N-dealkylation sites (tertiary alicyclic amines) is 1. The standard InChI is InChI=1S/C21H35N5O2/c1-17(2)16-24-10-12-25(13-11-24)18-4-14-28-21(15-18)5-8-26(9-6-21)20(27)19-3-7-22-23-19/h3,7,17-18H,4-6,8-16H2,1-2H3,(H,22,23). The second kappa shape index (κ2) is 8.51. The maximum absolute atomic E-state index is 12.6. The maximum Gasteiger partial charge on any atom is 0.271 e. The first kappa shape index (κ1) is 19.9. The van der Waals surface area contributed by atoms with Crippen LogP contribution in [0.3, 0.4) is 0 Å². The van der Waals surface area contributed by atoms with Crippen LogP contribution < -0.4 is 0 Å². The Bertz CT molecular complexity index is 631. The first-order valence-corrected chi connectivity index (χ1v) is 10.9. The second-order valence-electron chi connectivity index (χ2n) is 9.17. The van der Waals surface area contributed by atoms with Crippen molar-refractivity contribution in [3.8, 4) is 0 Å². The Labute approximate surface area is 168 Å². The number of hydrogen-bond acceptors (Lipinski definition) is 5. The van der Waals surface area contributed by atoms with Crippen molar-refractivity contribution >= 4 is 5.91 Å². The Hall–Kier alpha value is -1.44. The average Bonchev–Trinajstić information content (AvgIpc) is 3.23. The number of nitrogens with zero attached hydrogens (tertiary/aromatic N) is 4. The Morgan fingerprint density at radius 2 is 2.00 bits per heavy atom. The van der Waals surface area contributed by atoms with E-state index < -0.39 is 0 Å². The van der Waals surface area contributed by atoms with Gasteiger partial charge in [-0.3, -0.25) is 14.8 Å². The monoisotopic (exact) mass is 389 g/mol. The van der Waals surface area contributed by atoms with E-state index >= 15 is 0 Å². The van der Waals surface area contributed by atoms with Gasteiger partial charge in [0.1, 0.15) is 5.69 Å². The van der Waals surface area contributed by atoms with Crippen LogP contribution in [0.15, 0.2) is 12.3 Å². The van der Waals surface area contributed by atoms with Gasteiger partial charge >= 0.3 is 0 Å². The van der Waals surface area contributed by atoms with Gasteiger partial charge in [0.15, 0.2) is 0 Å². The summed E-state index contributed by atoms with van der Waals surface area (Å²) in [5.41, 5.74) is 0.542. The number of ether oxygens (including phenoxy) is 1. The van der Waals surface area contributed by atoms with E-state index in [1.807, 2.05) is 4.90 Å². The van der Waals surface area contributed by atoms with Gasteiger partial charge in [0, 0.05) is 64.7 Å². The number of aromatic nitrogens is 2. The second-order valence-corrected chi connectivity index (χ2v) is 9.17. The molecule has 0 aliphatic carbocycles. The van der Waals surface area contributed by atoms with Crippen molar-refractivity contribution in [3.05, 3.63) is 18.0 Å². The summed E-state index contributed by atoms with van der Waals surface area (Å²) in [4.78, 5) is 19.8. The highest BCUT2D eigenvalue weighted by Crippen LogP contribution is 2.37. The molecule has 1 aromatic rings. The molecule has 1 atom stereocenters. The number of H-pyrrole nitrogens is 1. The van der Waals surface area contributed by atoms with Crippen molar-refractivity contribution in [2.75, 3.05) is 52.4 Å². The van der Waals surface area contributed by atoms with E-state index in [1.165, 1.54) is 32.7 Å². The molecular weight excluding hydrogens is 354 g/mol. The fourth-order valence-corrected chi connectivity index (χ4v) is 5.15. The van der Waals surface area contributed by atoms with Gasteiger partial charge in [-0.1, -0.05) is 13.8 Å². The SMILES string of the molecule is CC(C)CN1CCN(C2CCOC3(CCN(C(=O)c4ccn[nH]4)CC3)C2)CC1. The maximum atomic E-state index is 12.6. The van der Waals surface area contributed by atoms with E-state index in [9.17, 15) is 4.79 Å². The molecule has 7 heteroatoms. The molecule has 4 rings (SSSR count). The normalized spacial score (nSPS) is 26.8. The van der Waals surface area contributed by atoms with Gasteiger partial charge in [0.25, 0.3) is 5.91 Å². The smallest absolute Gasteiger partial charge is 0.271 e. The highest BCUT2D eigenvalue weighted by atomic mass is 16.5. The summed E-state index contributed by atoms with van der Waals surface area (Å²) in [5.74, 6) is 0.800. The largest absolute Gasteiger partial charge is 0.375 e. The summed E-state index contributed by atoms with van der Waals surface area (Å²) in [6.07, 6.45) is 5.77. The summed E-state index contributed by atoms with van der Waals surface area (Å²) >= 11 is 0. The van der Waals surface area contributed by atoms with Crippen molar-refractivity contribution in [2.45, 2.75) is 51.2 Å². The number of carbonyl (C=O) groups is 1. The molecule has 0 saturated carbocycles. The number of aromatic amines is 1. The van der Waals surface area contributed by atoms with Crippen LogP contribution in [0.5, 0.6) is 0 Å². The van der Waals surface area contributed by atoms with Crippen LogP contribution >= 0.6 is 0 Å². The fraction of sp³-hybridized carbons (Fsp3) is 0.810. The van der Waals surface area contributed by atoms with E-state index in [1.54, 1.807) is 12.3 Å². The molecular formula is C21H35N5O2. The minimum atomic E-state index is -0.0389. The lowest BCUT2D eigenvalue weighted by Gasteiger charge is -2.49. The Kier molecular flexibility index (Phi) is 6.04. The third kappa shape index (κ3) is 4.42. The topological polar surface area (TPSA) is 64.7 Å². The highest BCUT2D eigenvalue weighted by molar-refractivity contribution is 5.92. The molecule has 0 bridgehead atoms. The van der Waals surface area contributed by atoms with Crippen LogP contribution in [0.2, 0.25) is 0 Å². The molecule has 3 aliphatic rings. The molecule has 156 valence electrons. The van der Waals surface area contributed by atoms with E-state index in [0.717, 1.165) is 51.3 Å². The van der Waals surface area contributed by atoms with Crippen molar-refractivity contribution in [1.82, 2.24) is 24.9 Å². The van der Waals surface area contributed by atoms with Crippen LogP contribution in [-0.4, -0.2) is 94.9 Å². The van der Waals surface area contributed by atoms with Crippen LogP contribution in [0.25, 0.3) is 0 Å². The van der Waals surface area contributed by atoms with Gasteiger partial charge in [-0.15, -0.1) is 0 Å². The van der Waals surface area contributed by atoms with Crippen LogP contribution in [-0.2, 0) is 4.74 Å². The highest BCUT2D eigenvalue weighted by Gasteiger charge is 2.43. The van der Waals surface area contributed by atoms with Gasteiger partial charge in [-0.2, -0.15) is 5.10 Å². The molecule has 28 heavy (non-hydrogen) atoms. The van der Waals surface area contributed by atoms with Gasteiger partial charge in [-0.25, -0.2) is 0 Å². The summed E-state index contributed by atoms with van der Waals surface area (Å²) in [6, 6.07) is 2.38. The zero-order valence-electron chi connectivity index (χ0n) is 17.4. The van der Waals surface area contributed by atoms with Crippen molar-refractivity contribution < 1.29 is 9.53 Å².